The summed E-state index contributed by atoms with van der Waals surface area (Å²) in [6, 6.07) is -1.60. The van der Waals surface area contributed by atoms with Gasteiger partial charge in [-0.15, -0.1) is 0 Å². The fourth-order valence-corrected chi connectivity index (χ4v) is 6.64. The van der Waals surface area contributed by atoms with E-state index in [1.54, 1.807) is 0 Å². The Morgan fingerprint density at radius 2 is 1.24 bits per heavy atom. The molecule has 0 aromatic heterocycles. The number of ether oxygens (including phenoxy) is 7. The second-order valence-electron chi connectivity index (χ2n) is 13.3. The lowest BCUT2D eigenvalue weighted by molar-refractivity contribution is -0.393. The van der Waals surface area contributed by atoms with E-state index in [4.69, 9.17) is 33.2 Å². The summed E-state index contributed by atoms with van der Waals surface area (Å²) in [5.41, 5.74) is 0. The minimum atomic E-state index is -3.12. The van der Waals surface area contributed by atoms with Crippen molar-refractivity contribution in [2.75, 3.05) is 26.4 Å². The maximum absolute atomic E-state index is 12.7. The van der Waals surface area contributed by atoms with E-state index in [0.29, 0.717) is 0 Å². The van der Waals surface area contributed by atoms with Crippen molar-refractivity contribution < 1.29 is 119 Å². The Kier molecular flexibility index (Phi) is 15.4. The van der Waals surface area contributed by atoms with Crippen molar-refractivity contribution in [3.05, 3.63) is 0 Å². The lowest BCUT2D eigenvalue weighted by Crippen LogP contribution is -2.71. The van der Waals surface area contributed by atoms with Gasteiger partial charge in [0, 0.05) is 13.3 Å². The van der Waals surface area contributed by atoms with Crippen LogP contribution in [0.5, 0.6) is 0 Å². The first-order valence-corrected chi connectivity index (χ1v) is 16.7. The Labute approximate surface area is 305 Å². The Hall–Kier alpha value is -1.90. The first-order valence-electron chi connectivity index (χ1n) is 16.7. The Balaban J connectivity index is 1.62. The number of carboxylic acid groups (broad SMARTS) is 1. The number of amides is 1. The van der Waals surface area contributed by atoms with Crippen LogP contribution in [-0.4, -0.2) is 243 Å². The first kappa shape index (κ1) is 44.8. The molecule has 4 fully saturated rings. The number of carbonyl (C=O) groups is 2. The molecule has 4 rings (SSSR count). The number of hydrogen-bond donors (Lipinski definition) is 16. The van der Waals surface area contributed by atoms with E-state index >= 15 is 0 Å². The third kappa shape index (κ3) is 9.12. The zero-order valence-electron chi connectivity index (χ0n) is 28.5. The minimum absolute atomic E-state index is 0.787. The zero-order chi connectivity index (χ0) is 40.4. The molecule has 0 aromatic carbocycles. The van der Waals surface area contributed by atoms with Gasteiger partial charge in [-0.25, -0.2) is 4.79 Å². The van der Waals surface area contributed by atoms with Gasteiger partial charge in [0.1, 0.15) is 91.6 Å². The molecule has 0 radical (unpaired) electrons. The number of nitrogens with one attached hydrogen (secondary N) is 1. The van der Waals surface area contributed by atoms with Gasteiger partial charge in [0.15, 0.2) is 18.9 Å². The zero-order valence-corrected chi connectivity index (χ0v) is 28.5. The van der Waals surface area contributed by atoms with Crippen molar-refractivity contribution in [2.45, 2.75) is 142 Å². The fourth-order valence-electron chi connectivity index (χ4n) is 6.64. The van der Waals surface area contributed by atoms with Gasteiger partial charge in [0.05, 0.1) is 38.6 Å². The SMILES string of the molecule is CC(=O)N[C@H]1[C@H]([C@H](O)[C@H](O)CO)O[C@@](O[C@H]2[C@@H](O)[C@@H](CO)O[C@@H](O[C@H]3[C@@H](O)[C@@H](CO)O[C@@H](O[C@H]4[C@H](O)[C@@H](O)[C@H](O)O[C@@H]4CO)[C@@H]3O)[C@@H]2O)(C(=O)O)C[C@@H]1O. The summed E-state index contributed by atoms with van der Waals surface area (Å²) in [7, 11) is 0. The number of aliphatic hydroxyl groups is 14. The largest absolute Gasteiger partial charge is 0.477 e. The molecule has 4 saturated heterocycles. The second kappa shape index (κ2) is 18.6. The van der Waals surface area contributed by atoms with Crippen molar-refractivity contribution in [3.8, 4) is 0 Å². The van der Waals surface area contributed by atoms with E-state index in [1.165, 1.54) is 0 Å². The van der Waals surface area contributed by atoms with Crippen LogP contribution in [0.2, 0.25) is 0 Å². The van der Waals surface area contributed by atoms with E-state index in [-0.39, 0.29) is 0 Å². The highest BCUT2D eigenvalue weighted by molar-refractivity contribution is 5.76. The molecular weight excluding hydrogens is 746 g/mol. The van der Waals surface area contributed by atoms with Crippen LogP contribution < -0.4 is 5.32 Å². The summed E-state index contributed by atoms with van der Waals surface area (Å²) in [5, 5.41) is 158. The van der Waals surface area contributed by atoms with Gasteiger partial charge in [0.2, 0.25) is 5.91 Å². The number of aliphatic carboxylic acids is 1. The van der Waals surface area contributed by atoms with Gasteiger partial charge in [-0.2, -0.15) is 0 Å². The standard InChI is InChI=1S/C29H49NO24/c1-7(35)30-13-8(36)2-29(28(46)47,53-22(13)14(38)9(37)3-31)54-24-16(40)11(5-33)50-27(20(24)44)52-23-15(39)10(4-32)49-26(19(23)43)51-21-12(6-34)48-25(45)18(42)17(21)41/h8-27,31-34,36-45H,2-6H2,1H3,(H,30,35)(H,46,47)/t8-,9+,10+,11+,12+,13+,14+,15-,16-,17+,18+,19+,20+,21+,22+,23-,24-,25+,26-,27-,29-/m0/s1. The molecule has 0 spiro atoms. The molecule has 0 saturated carbocycles. The molecular formula is C29H49NO24. The molecule has 21 atom stereocenters. The predicted molar refractivity (Wildman–Crippen MR) is 163 cm³/mol. The summed E-state index contributed by atoms with van der Waals surface area (Å²) in [4.78, 5) is 24.6. The maximum Gasteiger partial charge on any atom is 0.364 e. The van der Waals surface area contributed by atoms with E-state index in [1.807, 2.05) is 0 Å². The van der Waals surface area contributed by atoms with Crippen LogP contribution in [0.15, 0.2) is 0 Å². The summed E-state index contributed by atoms with van der Waals surface area (Å²) in [6.07, 6.45) is -38.7. The van der Waals surface area contributed by atoms with E-state index in [9.17, 15) is 86.2 Å². The minimum Gasteiger partial charge on any atom is -0.477 e. The summed E-state index contributed by atoms with van der Waals surface area (Å²) in [6.45, 7) is -3.00. The fraction of sp³-hybridized carbons (Fsp3) is 0.931. The molecule has 4 heterocycles. The van der Waals surface area contributed by atoms with Crippen LogP contribution in [0.4, 0.5) is 0 Å². The van der Waals surface area contributed by atoms with Crippen LogP contribution in [0.25, 0.3) is 0 Å². The molecule has 25 heteroatoms. The number of hydrogen-bond acceptors (Lipinski definition) is 23. The van der Waals surface area contributed by atoms with Crippen LogP contribution in [0.1, 0.15) is 13.3 Å². The molecule has 0 aromatic rings. The van der Waals surface area contributed by atoms with E-state index < -0.39 is 173 Å². The van der Waals surface area contributed by atoms with Crippen molar-refractivity contribution in [3.63, 3.8) is 0 Å². The Morgan fingerprint density at radius 3 is 1.74 bits per heavy atom. The molecule has 25 nitrogen and oxygen atoms in total. The summed E-state index contributed by atoms with van der Waals surface area (Å²) in [5.74, 6) is -5.94. The normalized spacial score (nSPS) is 47.1. The molecule has 4 aliphatic heterocycles. The monoisotopic (exact) mass is 795 g/mol. The third-order valence-corrected chi connectivity index (χ3v) is 9.58. The van der Waals surface area contributed by atoms with Gasteiger partial charge >= 0.3 is 5.97 Å². The van der Waals surface area contributed by atoms with Crippen molar-refractivity contribution in [1.29, 1.82) is 0 Å². The number of aliphatic hydroxyl groups excluding tert-OH is 14. The molecule has 0 aliphatic carbocycles. The predicted octanol–water partition coefficient (Wildman–Crippen LogP) is -10.4. The highest BCUT2D eigenvalue weighted by Gasteiger charge is 2.60. The van der Waals surface area contributed by atoms with Crippen molar-refractivity contribution in [1.82, 2.24) is 5.32 Å². The average Bonchev–Trinajstić information content (AvgIpc) is 3.13. The number of carboxylic acids is 1. The smallest absolute Gasteiger partial charge is 0.364 e. The van der Waals surface area contributed by atoms with Crippen LogP contribution in [0.3, 0.4) is 0 Å². The van der Waals surface area contributed by atoms with Crippen LogP contribution in [0, 0.1) is 0 Å². The molecule has 54 heavy (non-hydrogen) atoms. The highest BCUT2D eigenvalue weighted by atomic mass is 16.8. The Morgan fingerprint density at radius 1 is 0.722 bits per heavy atom. The van der Waals surface area contributed by atoms with E-state index in [2.05, 4.69) is 5.32 Å². The number of rotatable bonds is 14. The lowest BCUT2D eigenvalue weighted by Gasteiger charge is -2.51. The van der Waals surface area contributed by atoms with Gasteiger partial charge in [-0.1, -0.05) is 0 Å². The van der Waals surface area contributed by atoms with Crippen LogP contribution in [-0.2, 0) is 42.7 Å². The van der Waals surface area contributed by atoms with Crippen molar-refractivity contribution in [2.24, 2.45) is 0 Å². The van der Waals surface area contributed by atoms with Gasteiger partial charge in [-0.05, 0) is 0 Å². The maximum atomic E-state index is 12.7. The second-order valence-corrected chi connectivity index (χ2v) is 13.3. The lowest BCUT2D eigenvalue weighted by atomic mass is 9.88. The van der Waals surface area contributed by atoms with Crippen LogP contribution >= 0.6 is 0 Å². The molecule has 16 N–H and O–H groups in total. The molecule has 4 aliphatic rings. The van der Waals surface area contributed by atoms with Gasteiger partial charge < -0.3 is 115 Å². The van der Waals surface area contributed by atoms with Gasteiger partial charge in [0.25, 0.3) is 5.79 Å². The van der Waals surface area contributed by atoms with Crippen molar-refractivity contribution >= 4 is 11.9 Å². The number of carbonyl (C=O) groups excluding carboxylic acids is 1. The molecule has 314 valence electrons. The molecule has 0 unspecified atom stereocenters. The van der Waals surface area contributed by atoms with E-state index in [0.717, 1.165) is 6.92 Å². The topological polar surface area (TPSA) is 414 Å². The van der Waals surface area contributed by atoms with Gasteiger partial charge in [-0.3, -0.25) is 4.79 Å². The Bertz CT molecular complexity index is 1230. The summed E-state index contributed by atoms with van der Waals surface area (Å²) < 4.78 is 38.2. The average molecular weight is 796 g/mol. The highest BCUT2D eigenvalue weighted by Crippen LogP contribution is 2.38. The molecule has 1 amide bonds. The third-order valence-electron chi connectivity index (χ3n) is 9.58. The first-order chi connectivity index (χ1) is 25.4. The molecule has 0 bridgehead atoms. The quantitative estimate of drug-likeness (QED) is 0.0776. The summed E-state index contributed by atoms with van der Waals surface area (Å²) >= 11 is 0.